The van der Waals surface area contributed by atoms with Crippen LogP contribution in [0.5, 0.6) is 0 Å². The van der Waals surface area contributed by atoms with E-state index in [1.807, 2.05) is 0 Å². The monoisotopic (exact) mass is 158 g/mol. The van der Waals surface area contributed by atoms with Crippen LogP contribution in [0.1, 0.15) is 0 Å². The fraction of sp³-hybridized carbons (Fsp3) is 0. The van der Waals surface area contributed by atoms with Crippen LogP contribution in [0.15, 0.2) is 4.13 Å². The summed E-state index contributed by atoms with van der Waals surface area (Å²) in [6.07, 6.45) is 0. The van der Waals surface area contributed by atoms with E-state index in [0.717, 1.165) is 10.1 Å². The molecule has 0 aliphatic heterocycles. The third-order valence-electron chi connectivity index (χ3n) is 0.111. The van der Waals surface area contributed by atoms with Crippen molar-refractivity contribution in [1.29, 1.82) is 4.78 Å². The van der Waals surface area contributed by atoms with E-state index in [1.165, 1.54) is 0 Å². The Morgan fingerprint density at radius 1 is 2.00 bits per heavy atom. The topological polar surface area (TPSA) is 36.2 Å². The maximum Gasteiger partial charge on any atom is 0.0382 e. The van der Waals surface area contributed by atoms with Crippen molar-refractivity contribution in [2.45, 2.75) is 0 Å². The first-order valence-corrected chi connectivity index (χ1v) is 4.93. The Kier molecular flexibility index (Phi) is 4.31. The van der Waals surface area contributed by atoms with Gasteiger partial charge in [-0.05, 0) is 0 Å². The summed E-state index contributed by atoms with van der Waals surface area (Å²) in [5, 5.41) is 0. The SMILES string of the molecule is N=S(=S)=S=NP. The molecule has 1 unspecified atom stereocenters. The van der Waals surface area contributed by atoms with Crippen molar-refractivity contribution in [1.82, 2.24) is 0 Å². The third kappa shape index (κ3) is 4.69. The lowest BCUT2D eigenvalue weighted by atomic mass is 13.9. The molecule has 0 spiro atoms. The average molecular weight is 158 g/mol. The molecule has 6 heavy (non-hydrogen) atoms. The van der Waals surface area contributed by atoms with Crippen molar-refractivity contribution in [3.05, 3.63) is 0 Å². The van der Waals surface area contributed by atoms with Crippen LogP contribution < -0.4 is 0 Å². The maximum absolute atomic E-state index is 6.68. The normalized spacial score (nSPS) is 6.83. The van der Waals surface area contributed by atoms with Crippen LogP contribution in [0.4, 0.5) is 0 Å². The largest absolute Gasteiger partial charge is 0.236 e. The molecular formula is H3N2PS3. The number of nitrogens with zero attached hydrogens (tertiary/aromatic N) is 1. The molecule has 0 heterocycles. The Morgan fingerprint density at radius 3 is 2.50 bits per heavy atom. The van der Waals surface area contributed by atoms with Crippen molar-refractivity contribution in [2.24, 2.45) is 4.13 Å². The highest BCUT2D eigenvalue weighted by Gasteiger charge is 1.38. The summed E-state index contributed by atoms with van der Waals surface area (Å²) >= 11 is 4.43. The van der Waals surface area contributed by atoms with Crippen molar-refractivity contribution >= 4 is 38.5 Å². The Morgan fingerprint density at radius 2 is 2.50 bits per heavy atom. The first kappa shape index (κ1) is 6.69. The van der Waals surface area contributed by atoms with Crippen molar-refractivity contribution in [3.8, 4) is 0 Å². The third-order valence-corrected chi connectivity index (χ3v) is 2.32. The molecule has 0 rings (SSSR count). The highest BCUT2D eigenvalue weighted by atomic mass is 33.1. The second-order valence-corrected chi connectivity index (χ2v) is 4.96. The summed E-state index contributed by atoms with van der Waals surface area (Å²) in [5.41, 5.74) is 0. The quantitative estimate of drug-likeness (QED) is 0.520. The fourth-order valence-electron chi connectivity index (χ4n) is 0.0391. The Bertz CT molecular complexity index is 161. The standard InChI is InChI=1S/H3N2PS3/c1-6(4)5-2-3/h1H,3H2. The lowest BCUT2D eigenvalue weighted by Crippen LogP contribution is -1.32. The molecule has 0 fully saturated rings. The van der Waals surface area contributed by atoms with E-state index in [2.05, 4.69) is 24.7 Å². The van der Waals surface area contributed by atoms with E-state index < -0.39 is 7.81 Å². The molecule has 0 amide bonds. The molecule has 0 aromatic carbocycles. The van der Waals surface area contributed by atoms with Gasteiger partial charge in [0.15, 0.2) is 0 Å². The van der Waals surface area contributed by atoms with Gasteiger partial charge in [0, 0.05) is 38.5 Å². The summed E-state index contributed by atoms with van der Waals surface area (Å²) in [5.74, 6) is 0. The Balaban J connectivity index is 4.66. The van der Waals surface area contributed by atoms with Gasteiger partial charge in [-0.15, -0.1) is 0 Å². The molecule has 1 atom stereocenters. The summed E-state index contributed by atoms with van der Waals surface area (Å²) in [4.78, 5) is 0. The molecule has 0 aromatic heterocycles. The summed E-state index contributed by atoms with van der Waals surface area (Å²) in [6, 6.07) is 0. The highest BCUT2D eigenvalue weighted by Crippen LogP contribution is 1.73. The van der Waals surface area contributed by atoms with E-state index in [0.29, 0.717) is 0 Å². The number of hydrogen-bond acceptors (Lipinski definition) is 3. The van der Waals surface area contributed by atoms with Crippen LogP contribution in [0.3, 0.4) is 0 Å². The van der Waals surface area contributed by atoms with Gasteiger partial charge in [-0.1, -0.05) is 0 Å². The van der Waals surface area contributed by atoms with Gasteiger partial charge in [-0.3, -0.25) is 0 Å². The van der Waals surface area contributed by atoms with Gasteiger partial charge in [0.05, 0.1) is 0 Å². The van der Waals surface area contributed by atoms with Crippen molar-refractivity contribution in [2.75, 3.05) is 0 Å². The molecular weight excluding hydrogens is 155 g/mol. The summed E-state index contributed by atoms with van der Waals surface area (Å²) < 4.78 is 10.2. The highest BCUT2D eigenvalue weighted by molar-refractivity contribution is 8.43. The zero-order valence-electron chi connectivity index (χ0n) is 2.75. The van der Waals surface area contributed by atoms with Crippen molar-refractivity contribution in [3.63, 3.8) is 0 Å². The molecule has 0 bridgehead atoms. The maximum atomic E-state index is 6.68. The minimum atomic E-state index is -0.753. The second-order valence-electron chi connectivity index (χ2n) is 0.415. The molecule has 0 aliphatic rings. The Labute approximate surface area is 47.7 Å². The van der Waals surface area contributed by atoms with E-state index in [9.17, 15) is 0 Å². The Hall–Kier alpha value is 0.690. The van der Waals surface area contributed by atoms with Gasteiger partial charge in [0.2, 0.25) is 0 Å². The average Bonchev–Trinajstić information content (AvgIpc) is 1.35. The number of rotatable bonds is 0. The zero-order valence-corrected chi connectivity index (χ0v) is 6.35. The summed E-state index contributed by atoms with van der Waals surface area (Å²) in [6.45, 7) is 0. The molecule has 0 radical (unpaired) electrons. The molecule has 2 nitrogen and oxygen atoms in total. The van der Waals surface area contributed by atoms with E-state index in [1.54, 1.807) is 0 Å². The number of nitrogens with one attached hydrogen (secondary N) is 1. The first-order valence-electron chi connectivity index (χ1n) is 0.978. The molecule has 0 aliphatic carbocycles. The van der Waals surface area contributed by atoms with Crippen LogP contribution in [-0.2, 0) is 29.1 Å². The van der Waals surface area contributed by atoms with E-state index in [-0.39, 0.29) is 0 Å². The minimum Gasteiger partial charge on any atom is -0.236 e. The fourth-order valence-corrected chi connectivity index (χ4v) is 2.00. The van der Waals surface area contributed by atoms with Gasteiger partial charge < -0.3 is 0 Å². The molecule has 1 N–H and O–H groups in total. The molecule has 6 heteroatoms. The van der Waals surface area contributed by atoms with E-state index >= 15 is 0 Å². The van der Waals surface area contributed by atoms with Gasteiger partial charge in [0.1, 0.15) is 0 Å². The van der Waals surface area contributed by atoms with Gasteiger partial charge in [0.25, 0.3) is 0 Å². The lowest BCUT2D eigenvalue weighted by molar-refractivity contribution is 1.67. The smallest absolute Gasteiger partial charge is 0.0382 e. The van der Waals surface area contributed by atoms with Crippen LogP contribution in [0.2, 0.25) is 0 Å². The van der Waals surface area contributed by atoms with Crippen molar-refractivity contribution < 1.29 is 0 Å². The number of hydrogen-bond donors (Lipinski definition) is 1. The molecule has 0 saturated carbocycles. The molecule has 0 aromatic rings. The predicted molar refractivity (Wildman–Crippen MR) is 37.0 cm³/mol. The van der Waals surface area contributed by atoms with Gasteiger partial charge >= 0.3 is 0 Å². The van der Waals surface area contributed by atoms with Gasteiger partial charge in [-0.2, -0.15) is 0 Å². The zero-order chi connectivity index (χ0) is 4.99. The minimum absolute atomic E-state index is 0.753. The summed E-state index contributed by atoms with van der Waals surface area (Å²) in [7, 11) is 2.46. The van der Waals surface area contributed by atoms with Crippen LogP contribution in [0, 0.1) is 4.78 Å². The van der Waals surface area contributed by atoms with Crippen LogP contribution in [-0.4, -0.2) is 0 Å². The van der Waals surface area contributed by atoms with E-state index in [4.69, 9.17) is 4.78 Å². The first-order chi connectivity index (χ1) is 2.77. The van der Waals surface area contributed by atoms with Gasteiger partial charge in [-0.25, -0.2) is 8.91 Å². The second kappa shape index (κ2) is 3.87. The molecule has 36 valence electrons. The predicted octanol–water partition coefficient (Wildman–Crippen LogP) is 0.800. The van der Waals surface area contributed by atoms with Crippen LogP contribution >= 0.6 is 9.39 Å². The lowest BCUT2D eigenvalue weighted by Gasteiger charge is -1.47. The van der Waals surface area contributed by atoms with Crippen LogP contribution in [0.25, 0.3) is 0 Å². The molecule has 0 saturated heterocycles.